The van der Waals surface area contributed by atoms with Crippen LogP contribution in [0.3, 0.4) is 0 Å². The van der Waals surface area contributed by atoms with E-state index in [0.29, 0.717) is 23.5 Å². The zero-order chi connectivity index (χ0) is 22.3. The first-order valence-corrected chi connectivity index (χ1v) is 10.0. The van der Waals surface area contributed by atoms with Gasteiger partial charge in [-0.15, -0.1) is 10.2 Å². The first kappa shape index (κ1) is 22.2. The number of rotatable bonds is 5. The number of aryl methyl sites for hydroxylation is 1. The van der Waals surface area contributed by atoms with Gasteiger partial charge in [0.15, 0.2) is 22.5 Å². The van der Waals surface area contributed by atoms with E-state index in [1.54, 1.807) is 39.8 Å². The molecule has 0 atom stereocenters. The van der Waals surface area contributed by atoms with Crippen LogP contribution in [-0.4, -0.2) is 40.1 Å². The molecular weight excluding hydrogens is 408 g/mol. The van der Waals surface area contributed by atoms with Crippen LogP contribution in [0.5, 0.6) is 17.4 Å². The summed E-state index contributed by atoms with van der Waals surface area (Å²) in [7, 11) is 1.46. The minimum Gasteiger partial charge on any atom is -0.493 e. The molecule has 30 heavy (non-hydrogen) atoms. The van der Waals surface area contributed by atoms with E-state index in [1.165, 1.54) is 13.2 Å². The lowest BCUT2D eigenvalue weighted by Gasteiger charge is -2.43. The number of carbonyl (C=O) groups excluding carboxylic acids is 2. The fourth-order valence-corrected chi connectivity index (χ4v) is 3.89. The molecule has 0 aliphatic carbocycles. The van der Waals surface area contributed by atoms with Gasteiger partial charge in [-0.1, -0.05) is 24.6 Å². The Morgan fingerprint density at radius 2 is 1.70 bits per heavy atom. The molecule has 160 valence electrons. The van der Waals surface area contributed by atoms with E-state index in [-0.39, 0.29) is 22.6 Å². The topological polar surface area (TPSA) is 87.6 Å². The van der Waals surface area contributed by atoms with Gasteiger partial charge in [0.05, 0.1) is 7.11 Å². The molecule has 1 aromatic carbocycles. The minimum absolute atomic E-state index is 0.120. The highest BCUT2D eigenvalue weighted by molar-refractivity contribution is 6.30. The van der Waals surface area contributed by atoms with Crippen LogP contribution in [0.4, 0.5) is 0 Å². The van der Waals surface area contributed by atoms with Gasteiger partial charge in [0.25, 0.3) is 0 Å². The Hall–Kier alpha value is -2.51. The van der Waals surface area contributed by atoms with Crippen molar-refractivity contribution in [3.8, 4) is 17.4 Å². The number of hydrogen-bond acceptors (Lipinski definition) is 7. The van der Waals surface area contributed by atoms with E-state index in [1.807, 2.05) is 13.0 Å². The fraction of sp³-hybridized carbons (Fsp3) is 0.455. The highest BCUT2D eigenvalue weighted by Gasteiger charge is 2.53. The summed E-state index contributed by atoms with van der Waals surface area (Å²) in [5.74, 6) is -0.558. The molecule has 1 aliphatic rings. The zero-order valence-electron chi connectivity index (χ0n) is 17.9. The third-order valence-corrected chi connectivity index (χ3v) is 5.43. The zero-order valence-corrected chi connectivity index (χ0v) is 18.7. The lowest BCUT2D eigenvalue weighted by atomic mass is 9.73. The van der Waals surface area contributed by atoms with E-state index in [2.05, 4.69) is 10.2 Å². The molecule has 0 saturated carbocycles. The van der Waals surface area contributed by atoms with Gasteiger partial charge >= 0.3 is 0 Å². The monoisotopic (exact) mass is 432 g/mol. The smallest absolute Gasteiger partial charge is 0.242 e. The average molecular weight is 433 g/mol. The van der Waals surface area contributed by atoms with Crippen molar-refractivity contribution < 1.29 is 23.8 Å². The van der Waals surface area contributed by atoms with E-state index < -0.39 is 17.1 Å². The molecule has 2 heterocycles. The molecule has 7 nitrogen and oxygen atoms in total. The number of ether oxygens (including phenoxy) is 3. The van der Waals surface area contributed by atoms with Crippen LogP contribution in [0.2, 0.25) is 5.15 Å². The summed E-state index contributed by atoms with van der Waals surface area (Å²) in [6.07, 6.45) is 0.656. The maximum absolute atomic E-state index is 13.2. The lowest BCUT2D eigenvalue weighted by Crippen LogP contribution is -2.58. The quantitative estimate of drug-likeness (QED) is 0.650. The number of aromatic nitrogens is 2. The molecule has 1 fully saturated rings. The minimum atomic E-state index is -1.08. The predicted octanol–water partition coefficient (Wildman–Crippen LogP) is 4.30. The third kappa shape index (κ3) is 4.04. The van der Waals surface area contributed by atoms with Crippen molar-refractivity contribution in [3.05, 3.63) is 40.5 Å². The highest BCUT2D eigenvalue weighted by atomic mass is 35.5. The highest BCUT2D eigenvalue weighted by Crippen LogP contribution is 2.41. The first-order chi connectivity index (χ1) is 14.0. The molecule has 0 bridgehead atoms. The van der Waals surface area contributed by atoms with Gasteiger partial charge in [-0.3, -0.25) is 9.59 Å². The number of carbonyl (C=O) groups is 2. The second-order valence-corrected chi connectivity index (χ2v) is 8.50. The second kappa shape index (κ2) is 7.96. The van der Waals surface area contributed by atoms with E-state index in [9.17, 15) is 9.59 Å². The summed E-state index contributed by atoms with van der Waals surface area (Å²) < 4.78 is 16.7. The Morgan fingerprint density at radius 3 is 2.27 bits per heavy atom. The van der Waals surface area contributed by atoms with Gasteiger partial charge in [0, 0.05) is 6.07 Å². The fourth-order valence-electron chi connectivity index (χ4n) is 3.72. The first-order valence-electron chi connectivity index (χ1n) is 9.67. The maximum atomic E-state index is 13.2. The Labute approximate surface area is 180 Å². The maximum Gasteiger partial charge on any atom is 0.242 e. The Balaban J connectivity index is 2.04. The second-order valence-electron chi connectivity index (χ2n) is 8.14. The van der Waals surface area contributed by atoms with Crippen LogP contribution in [0.1, 0.15) is 51.7 Å². The van der Waals surface area contributed by atoms with Crippen molar-refractivity contribution in [3.63, 3.8) is 0 Å². The molecule has 1 aliphatic heterocycles. The third-order valence-electron chi connectivity index (χ3n) is 5.17. The molecule has 0 radical (unpaired) electrons. The Morgan fingerprint density at radius 1 is 1.07 bits per heavy atom. The summed E-state index contributed by atoms with van der Waals surface area (Å²) in [6.45, 7) is 8.74. The molecule has 8 heteroatoms. The molecule has 0 amide bonds. The van der Waals surface area contributed by atoms with Crippen molar-refractivity contribution in [2.75, 3.05) is 7.11 Å². The number of nitrogens with zero attached hydrogens (tertiary/aromatic N) is 2. The van der Waals surface area contributed by atoms with Crippen molar-refractivity contribution in [1.29, 1.82) is 0 Å². The summed E-state index contributed by atoms with van der Waals surface area (Å²) in [4.78, 5) is 26.3. The van der Waals surface area contributed by atoms with Gasteiger partial charge in [0.2, 0.25) is 5.88 Å². The number of hydrogen-bond donors (Lipinski definition) is 0. The van der Waals surface area contributed by atoms with Crippen LogP contribution < -0.4 is 9.47 Å². The Bertz CT molecular complexity index is 977. The Kier molecular flexibility index (Phi) is 5.89. The molecule has 3 rings (SSSR count). The largest absolute Gasteiger partial charge is 0.493 e. The molecule has 0 spiro atoms. The molecule has 1 aromatic heterocycles. The van der Waals surface area contributed by atoms with Crippen molar-refractivity contribution in [2.45, 2.75) is 58.2 Å². The standard InChI is InChI=1S/C22H25ClN2O5/c1-7-12-8-9-13(29-16-11-15(28-6)20(23)25-24-16)10-14(12)17-18(26)21(2,3)30-22(4,5)19(17)27/h8-11,17H,7H2,1-6H3. The van der Waals surface area contributed by atoms with Gasteiger partial charge in [-0.2, -0.15) is 0 Å². The molecule has 2 aromatic rings. The summed E-state index contributed by atoms with van der Waals surface area (Å²) in [5, 5.41) is 7.82. The van der Waals surface area contributed by atoms with Crippen LogP contribution in [0.25, 0.3) is 0 Å². The van der Waals surface area contributed by atoms with Gasteiger partial charge < -0.3 is 14.2 Å². The number of benzene rings is 1. The average Bonchev–Trinajstić information content (AvgIpc) is 2.68. The van der Waals surface area contributed by atoms with Gasteiger partial charge in [-0.05, 0) is 57.4 Å². The summed E-state index contributed by atoms with van der Waals surface area (Å²) in [5.41, 5.74) is -0.663. The van der Waals surface area contributed by atoms with Crippen LogP contribution in [-0.2, 0) is 20.7 Å². The van der Waals surface area contributed by atoms with E-state index in [0.717, 1.165) is 5.56 Å². The van der Waals surface area contributed by atoms with Crippen LogP contribution in [0.15, 0.2) is 24.3 Å². The summed E-state index contributed by atoms with van der Waals surface area (Å²) >= 11 is 5.91. The molecule has 1 saturated heterocycles. The molecule has 0 N–H and O–H groups in total. The lowest BCUT2D eigenvalue weighted by molar-refractivity contribution is -0.184. The normalized spacial score (nSPS) is 18.4. The van der Waals surface area contributed by atoms with Crippen molar-refractivity contribution >= 4 is 23.2 Å². The SMILES string of the molecule is CCc1ccc(Oc2cc(OC)c(Cl)nn2)cc1C1C(=O)C(C)(C)OC(C)(C)C1=O. The van der Waals surface area contributed by atoms with Crippen LogP contribution in [0, 0.1) is 0 Å². The van der Waals surface area contributed by atoms with Crippen LogP contribution >= 0.6 is 11.6 Å². The number of Topliss-reactive ketones (excluding diaryl/α,β-unsaturated/α-hetero) is 2. The predicted molar refractivity (Wildman–Crippen MR) is 111 cm³/mol. The molecular formula is C22H25ClN2O5. The number of ketones is 2. The van der Waals surface area contributed by atoms with Gasteiger partial charge in [-0.25, -0.2) is 0 Å². The molecule has 0 unspecified atom stereocenters. The number of halogens is 1. The number of methoxy groups -OCH3 is 1. The van der Waals surface area contributed by atoms with Gasteiger partial charge in [0.1, 0.15) is 22.9 Å². The van der Waals surface area contributed by atoms with E-state index >= 15 is 0 Å². The van der Waals surface area contributed by atoms with Crippen molar-refractivity contribution in [1.82, 2.24) is 10.2 Å². The summed E-state index contributed by atoms with van der Waals surface area (Å²) in [6, 6.07) is 6.83. The van der Waals surface area contributed by atoms with E-state index in [4.69, 9.17) is 25.8 Å². The van der Waals surface area contributed by atoms with Crippen molar-refractivity contribution in [2.24, 2.45) is 0 Å².